The Morgan fingerprint density at radius 1 is 1.52 bits per heavy atom. The number of hydrogen-bond donors (Lipinski definition) is 3. The summed E-state index contributed by atoms with van der Waals surface area (Å²) < 4.78 is 10.4. The van der Waals surface area contributed by atoms with Crippen LogP contribution in [-0.4, -0.2) is 62.5 Å². The summed E-state index contributed by atoms with van der Waals surface area (Å²) in [5.74, 6) is 5.32. The molecule has 0 aliphatic rings. The molecule has 0 heterocycles. The van der Waals surface area contributed by atoms with Crippen molar-refractivity contribution in [3.63, 3.8) is 0 Å². The average molecular weight is 297 g/mol. The fraction of sp³-hybridized carbons (Fsp3) is 0.500. The highest BCUT2D eigenvalue weighted by atomic mass is 16.5. The lowest BCUT2D eigenvalue weighted by molar-refractivity contribution is 0.0410. The van der Waals surface area contributed by atoms with Crippen LogP contribution in [0.1, 0.15) is 10.4 Å². The highest BCUT2D eigenvalue weighted by Gasteiger charge is 2.08. The molecule has 4 N–H and O–H groups in total. The number of hydrogen-bond acceptors (Lipinski definition) is 6. The summed E-state index contributed by atoms with van der Waals surface area (Å²) >= 11 is 0. The lowest BCUT2D eigenvalue weighted by Gasteiger charge is -2.20. The van der Waals surface area contributed by atoms with E-state index in [2.05, 4.69) is 5.43 Å². The van der Waals surface area contributed by atoms with Crippen LogP contribution in [0.3, 0.4) is 0 Å². The predicted molar refractivity (Wildman–Crippen MR) is 79.0 cm³/mol. The zero-order chi connectivity index (χ0) is 15.7. The number of carbonyl (C=O) groups is 1. The van der Waals surface area contributed by atoms with Gasteiger partial charge in [0.25, 0.3) is 5.91 Å². The van der Waals surface area contributed by atoms with Crippen molar-refractivity contribution >= 4 is 5.91 Å². The molecule has 21 heavy (non-hydrogen) atoms. The number of aliphatic hydroxyl groups excluding tert-OH is 1. The molecule has 1 amide bonds. The molecule has 1 unspecified atom stereocenters. The quantitative estimate of drug-likeness (QED) is 0.326. The van der Waals surface area contributed by atoms with Gasteiger partial charge in [-0.1, -0.05) is 6.07 Å². The number of likely N-dealkylation sites (N-methyl/N-ethyl adjacent to an activating group) is 1. The van der Waals surface area contributed by atoms with Crippen LogP contribution in [0.4, 0.5) is 0 Å². The summed E-state index contributed by atoms with van der Waals surface area (Å²) in [5.41, 5.74) is 2.52. The Morgan fingerprint density at radius 3 is 2.95 bits per heavy atom. The minimum absolute atomic E-state index is 0.307. The van der Waals surface area contributed by atoms with Gasteiger partial charge in [0.05, 0.1) is 12.7 Å². The second-order valence-corrected chi connectivity index (χ2v) is 4.72. The summed E-state index contributed by atoms with van der Waals surface area (Å²) in [6.07, 6.45) is -0.517. The van der Waals surface area contributed by atoms with E-state index in [0.29, 0.717) is 37.6 Å². The Labute approximate surface area is 124 Å². The van der Waals surface area contributed by atoms with E-state index in [0.717, 1.165) is 0 Å². The summed E-state index contributed by atoms with van der Waals surface area (Å²) in [7, 11) is 3.44. The standard InChI is InChI=1S/C14H23N3O4/c1-17(9-12(18)10-20-2)6-7-21-13-5-3-4-11(8-13)14(19)16-15/h3-5,8,12,18H,6-7,9-10,15H2,1-2H3,(H,16,19). The molecule has 0 aromatic heterocycles. The van der Waals surface area contributed by atoms with Crippen LogP contribution in [0, 0.1) is 0 Å². The second-order valence-electron chi connectivity index (χ2n) is 4.72. The van der Waals surface area contributed by atoms with E-state index in [1.165, 1.54) is 0 Å². The molecule has 0 bridgehead atoms. The SMILES string of the molecule is COCC(O)CN(C)CCOc1cccc(C(=O)NN)c1. The summed E-state index contributed by atoms with van der Waals surface area (Å²) in [6, 6.07) is 6.78. The zero-order valence-electron chi connectivity index (χ0n) is 12.4. The van der Waals surface area contributed by atoms with Gasteiger partial charge in [-0.05, 0) is 25.2 Å². The molecule has 0 spiro atoms. The Hall–Kier alpha value is -1.67. The van der Waals surface area contributed by atoms with Crippen LogP contribution >= 0.6 is 0 Å². The van der Waals surface area contributed by atoms with E-state index in [-0.39, 0.29) is 5.91 Å². The van der Waals surface area contributed by atoms with Crippen molar-refractivity contribution in [2.75, 3.05) is 40.5 Å². The normalized spacial score (nSPS) is 12.2. The number of nitrogens with two attached hydrogens (primary N) is 1. The van der Waals surface area contributed by atoms with Crippen molar-refractivity contribution in [1.29, 1.82) is 0 Å². The van der Waals surface area contributed by atoms with E-state index in [1.807, 2.05) is 11.9 Å². The molecule has 1 rings (SSSR count). The average Bonchev–Trinajstić information content (AvgIpc) is 2.47. The number of nitrogens with one attached hydrogen (secondary N) is 1. The number of amides is 1. The van der Waals surface area contributed by atoms with Crippen molar-refractivity contribution < 1.29 is 19.4 Å². The van der Waals surface area contributed by atoms with E-state index in [9.17, 15) is 9.90 Å². The summed E-state index contributed by atoms with van der Waals surface area (Å²) in [5, 5.41) is 9.60. The second kappa shape index (κ2) is 9.30. The molecule has 0 saturated heterocycles. The number of carbonyl (C=O) groups excluding carboxylic acids is 1. The van der Waals surface area contributed by atoms with Gasteiger partial charge < -0.3 is 19.5 Å². The fourth-order valence-electron chi connectivity index (χ4n) is 1.83. The van der Waals surface area contributed by atoms with Gasteiger partial charge in [0, 0.05) is 25.8 Å². The first kappa shape index (κ1) is 17.4. The van der Waals surface area contributed by atoms with Crippen molar-refractivity contribution in [3.05, 3.63) is 29.8 Å². The highest BCUT2D eigenvalue weighted by molar-refractivity contribution is 5.94. The third kappa shape index (κ3) is 6.54. The molecule has 1 atom stereocenters. The number of methoxy groups -OCH3 is 1. The zero-order valence-corrected chi connectivity index (χ0v) is 12.4. The van der Waals surface area contributed by atoms with Gasteiger partial charge in [-0.3, -0.25) is 10.2 Å². The molecule has 7 heteroatoms. The highest BCUT2D eigenvalue weighted by Crippen LogP contribution is 2.13. The number of benzene rings is 1. The molecular formula is C14H23N3O4. The number of ether oxygens (including phenoxy) is 2. The Morgan fingerprint density at radius 2 is 2.29 bits per heavy atom. The van der Waals surface area contributed by atoms with Crippen LogP contribution in [0.5, 0.6) is 5.75 Å². The van der Waals surface area contributed by atoms with Crippen LogP contribution in [-0.2, 0) is 4.74 Å². The van der Waals surface area contributed by atoms with Gasteiger partial charge in [-0.2, -0.15) is 0 Å². The Kier molecular flexibility index (Phi) is 7.70. The van der Waals surface area contributed by atoms with E-state index in [1.54, 1.807) is 31.4 Å². The van der Waals surface area contributed by atoms with Gasteiger partial charge in [0.15, 0.2) is 0 Å². The minimum atomic E-state index is -0.517. The van der Waals surface area contributed by atoms with Crippen molar-refractivity contribution in [3.8, 4) is 5.75 Å². The fourth-order valence-corrected chi connectivity index (χ4v) is 1.83. The molecule has 0 radical (unpaired) electrons. The maximum atomic E-state index is 11.4. The molecule has 0 saturated carbocycles. The van der Waals surface area contributed by atoms with Gasteiger partial charge in [-0.15, -0.1) is 0 Å². The van der Waals surface area contributed by atoms with Gasteiger partial charge in [-0.25, -0.2) is 5.84 Å². The third-order valence-corrected chi connectivity index (χ3v) is 2.85. The lowest BCUT2D eigenvalue weighted by atomic mass is 10.2. The monoisotopic (exact) mass is 297 g/mol. The van der Waals surface area contributed by atoms with Crippen molar-refractivity contribution in [2.45, 2.75) is 6.10 Å². The van der Waals surface area contributed by atoms with Crippen LogP contribution in [0.15, 0.2) is 24.3 Å². The number of aliphatic hydroxyl groups is 1. The van der Waals surface area contributed by atoms with Gasteiger partial charge >= 0.3 is 0 Å². The number of rotatable bonds is 9. The number of nitrogens with zero attached hydrogens (tertiary/aromatic N) is 1. The van der Waals surface area contributed by atoms with E-state index in [4.69, 9.17) is 15.3 Å². The van der Waals surface area contributed by atoms with Crippen molar-refractivity contribution in [1.82, 2.24) is 10.3 Å². The molecule has 118 valence electrons. The summed E-state index contributed by atoms with van der Waals surface area (Å²) in [6.45, 7) is 1.91. The molecular weight excluding hydrogens is 274 g/mol. The largest absolute Gasteiger partial charge is 0.492 e. The van der Waals surface area contributed by atoms with Gasteiger partial charge in [0.1, 0.15) is 12.4 Å². The maximum absolute atomic E-state index is 11.4. The Bertz CT molecular complexity index is 442. The van der Waals surface area contributed by atoms with Crippen molar-refractivity contribution in [2.24, 2.45) is 5.84 Å². The molecule has 0 aliphatic carbocycles. The lowest BCUT2D eigenvalue weighted by Crippen LogP contribution is -2.34. The molecule has 1 aromatic carbocycles. The number of nitrogen functional groups attached to an aromatic ring is 1. The number of hydrazine groups is 1. The predicted octanol–water partition coefficient (Wildman–Crippen LogP) is -0.392. The molecule has 1 aromatic rings. The molecule has 0 aliphatic heterocycles. The van der Waals surface area contributed by atoms with Crippen LogP contribution < -0.4 is 16.0 Å². The van der Waals surface area contributed by atoms with E-state index >= 15 is 0 Å². The van der Waals surface area contributed by atoms with Crippen LogP contribution in [0.25, 0.3) is 0 Å². The third-order valence-electron chi connectivity index (χ3n) is 2.85. The first-order valence-electron chi connectivity index (χ1n) is 6.66. The maximum Gasteiger partial charge on any atom is 0.265 e. The summed E-state index contributed by atoms with van der Waals surface area (Å²) in [4.78, 5) is 13.3. The smallest absolute Gasteiger partial charge is 0.265 e. The first-order valence-corrected chi connectivity index (χ1v) is 6.66. The Balaban J connectivity index is 2.37. The minimum Gasteiger partial charge on any atom is -0.492 e. The van der Waals surface area contributed by atoms with Crippen LogP contribution in [0.2, 0.25) is 0 Å². The van der Waals surface area contributed by atoms with Gasteiger partial charge in [0.2, 0.25) is 0 Å². The molecule has 0 fully saturated rings. The first-order chi connectivity index (χ1) is 10.1. The van der Waals surface area contributed by atoms with E-state index < -0.39 is 6.10 Å². The molecule has 7 nitrogen and oxygen atoms in total. The topological polar surface area (TPSA) is 97.0 Å².